The van der Waals surface area contributed by atoms with Crippen LogP contribution in [-0.2, 0) is 14.4 Å². The van der Waals surface area contributed by atoms with Crippen molar-refractivity contribution in [3.63, 3.8) is 0 Å². The fourth-order valence-corrected chi connectivity index (χ4v) is 2.46. The highest BCUT2D eigenvalue weighted by atomic mass is 79.9. The summed E-state index contributed by atoms with van der Waals surface area (Å²) in [7, 11) is 0. The van der Waals surface area contributed by atoms with Crippen molar-refractivity contribution in [2.75, 3.05) is 25.0 Å². The van der Waals surface area contributed by atoms with Gasteiger partial charge < -0.3 is 20.4 Å². The Kier molecular flexibility index (Phi) is 9.03. The van der Waals surface area contributed by atoms with Crippen molar-refractivity contribution >= 4 is 39.5 Å². The number of halogens is 1. The van der Waals surface area contributed by atoms with Crippen LogP contribution < -0.4 is 5.32 Å². The molecule has 0 bridgehead atoms. The van der Waals surface area contributed by atoms with Gasteiger partial charge >= 0.3 is 11.9 Å². The second-order valence-electron chi connectivity index (χ2n) is 5.32. The van der Waals surface area contributed by atoms with Crippen LogP contribution in [0.15, 0.2) is 28.7 Å². The van der Waals surface area contributed by atoms with Gasteiger partial charge in [0.2, 0.25) is 5.91 Å². The molecule has 1 heterocycles. The van der Waals surface area contributed by atoms with E-state index >= 15 is 0 Å². The molecular weight excluding hydrogens is 380 g/mol. The van der Waals surface area contributed by atoms with E-state index in [2.05, 4.69) is 26.1 Å². The molecule has 0 atom stereocenters. The fourth-order valence-electron chi connectivity index (χ4n) is 2.20. The van der Waals surface area contributed by atoms with Crippen LogP contribution in [0.5, 0.6) is 0 Å². The highest BCUT2D eigenvalue weighted by molar-refractivity contribution is 9.10. The van der Waals surface area contributed by atoms with E-state index in [-0.39, 0.29) is 5.91 Å². The van der Waals surface area contributed by atoms with Gasteiger partial charge in [0.25, 0.3) is 0 Å². The van der Waals surface area contributed by atoms with Gasteiger partial charge in [-0.1, -0.05) is 22.4 Å². The van der Waals surface area contributed by atoms with Gasteiger partial charge in [-0.3, -0.25) is 4.79 Å². The number of carbonyl (C=O) groups is 3. The summed E-state index contributed by atoms with van der Waals surface area (Å²) in [4.78, 5) is 32.4. The van der Waals surface area contributed by atoms with Crippen molar-refractivity contribution in [1.29, 1.82) is 0 Å². The monoisotopic (exact) mass is 400 g/mol. The quantitative estimate of drug-likeness (QED) is 0.669. The summed E-state index contributed by atoms with van der Waals surface area (Å²) in [5.74, 6) is -3.55. The number of benzene rings is 1. The molecule has 1 aromatic rings. The molecule has 0 aromatic heterocycles. The number of amides is 1. The highest BCUT2D eigenvalue weighted by Gasteiger charge is 2.11. The first-order chi connectivity index (χ1) is 11.4. The standard InChI is InChI=1S/C14H19BrN2O.C2H2O4/c15-12-4-6-13(7-5-12)16-14(18)8-11-17-9-2-1-3-10-17;3-1(4)2(5)6/h4-7H,1-3,8-11H2,(H,16,18);(H,3,4)(H,5,6). The molecule has 1 aromatic carbocycles. The van der Waals surface area contributed by atoms with Gasteiger partial charge in [0.1, 0.15) is 0 Å². The van der Waals surface area contributed by atoms with E-state index in [1.807, 2.05) is 24.3 Å². The highest BCUT2D eigenvalue weighted by Crippen LogP contribution is 2.14. The summed E-state index contributed by atoms with van der Waals surface area (Å²) < 4.78 is 1.02. The summed E-state index contributed by atoms with van der Waals surface area (Å²) in [6.45, 7) is 3.17. The molecule has 0 saturated carbocycles. The molecule has 0 unspecified atom stereocenters. The summed E-state index contributed by atoms with van der Waals surface area (Å²) in [5.41, 5.74) is 0.863. The fraction of sp³-hybridized carbons (Fsp3) is 0.438. The van der Waals surface area contributed by atoms with E-state index in [1.165, 1.54) is 19.3 Å². The number of carbonyl (C=O) groups excluding carboxylic acids is 1. The molecule has 1 fully saturated rings. The number of hydrogen-bond acceptors (Lipinski definition) is 4. The molecule has 2 rings (SSSR count). The van der Waals surface area contributed by atoms with Gasteiger partial charge in [0.15, 0.2) is 0 Å². The number of nitrogens with one attached hydrogen (secondary N) is 1. The third kappa shape index (κ3) is 8.64. The van der Waals surface area contributed by atoms with E-state index in [9.17, 15) is 4.79 Å². The zero-order chi connectivity index (χ0) is 17.9. The summed E-state index contributed by atoms with van der Waals surface area (Å²) in [5, 5.41) is 17.7. The maximum absolute atomic E-state index is 11.8. The second-order valence-corrected chi connectivity index (χ2v) is 6.23. The van der Waals surface area contributed by atoms with Crippen LogP contribution in [-0.4, -0.2) is 52.6 Å². The normalized spacial score (nSPS) is 14.2. The molecule has 0 aliphatic carbocycles. The smallest absolute Gasteiger partial charge is 0.414 e. The Morgan fingerprint density at radius 1 is 1.00 bits per heavy atom. The predicted octanol–water partition coefficient (Wildman–Crippen LogP) is 2.42. The van der Waals surface area contributed by atoms with Crippen LogP contribution in [0.3, 0.4) is 0 Å². The molecule has 8 heteroatoms. The number of nitrogens with zero attached hydrogens (tertiary/aromatic N) is 1. The number of hydrogen-bond donors (Lipinski definition) is 3. The summed E-state index contributed by atoms with van der Waals surface area (Å²) in [6, 6.07) is 7.67. The van der Waals surface area contributed by atoms with Crippen molar-refractivity contribution in [1.82, 2.24) is 4.90 Å². The molecule has 1 saturated heterocycles. The molecule has 1 amide bonds. The van der Waals surface area contributed by atoms with Gasteiger partial charge in [0, 0.05) is 23.1 Å². The minimum atomic E-state index is -1.82. The Hall–Kier alpha value is -1.93. The zero-order valence-electron chi connectivity index (χ0n) is 13.2. The predicted molar refractivity (Wildman–Crippen MR) is 93.0 cm³/mol. The van der Waals surface area contributed by atoms with E-state index in [0.29, 0.717) is 6.42 Å². The van der Waals surface area contributed by atoms with E-state index in [0.717, 1.165) is 29.8 Å². The first kappa shape index (κ1) is 20.1. The maximum atomic E-state index is 11.8. The van der Waals surface area contributed by atoms with Crippen LogP contribution in [0, 0.1) is 0 Å². The molecular formula is C16H21BrN2O5. The van der Waals surface area contributed by atoms with Crippen LogP contribution >= 0.6 is 15.9 Å². The minimum absolute atomic E-state index is 0.0999. The molecule has 3 N–H and O–H groups in total. The van der Waals surface area contributed by atoms with Gasteiger partial charge in [0.05, 0.1) is 0 Å². The van der Waals surface area contributed by atoms with E-state index in [1.54, 1.807) is 0 Å². The van der Waals surface area contributed by atoms with Crippen molar-refractivity contribution in [3.05, 3.63) is 28.7 Å². The zero-order valence-corrected chi connectivity index (χ0v) is 14.8. The number of piperidine rings is 1. The Bertz CT molecular complexity index is 544. The molecule has 1 aliphatic rings. The Morgan fingerprint density at radius 3 is 2.04 bits per heavy atom. The van der Waals surface area contributed by atoms with Gasteiger partial charge in [-0.05, 0) is 50.2 Å². The van der Waals surface area contributed by atoms with Gasteiger partial charge in [-0.25, -0.2) is 9.59 Å². The number of rotatable bonds is 4. The molecule has 7 nitrogen and oxygen atoms in total. The first-order valence-electron chi connectivity index (χ1n) is 7.62. The van der Waals surface area contributed by atoms with E-state index < -0.39 is 11.9 Å². The van der Waals surface area contributed by atoms with Crippen molar-refractivity contribution in [3.8, 4) is 0 Å². The molecule has 0 spiro atoms. The first-order valence-corrected chi connectivity index (χ1v) is 8.42. The number of carboxylic acid groups (broad SMARTS) is 2. The average molecular weight is 401 g/mol. The van der Waals surface area contributed by atoms with Gasteiger partial charge in [-0.15, -0.1) is 0 Å². The van der Waals surface area contributed by atoms with Crippen molar-refractivity contribution in [2.45, 2.75) is 25.7 Å². The van der Waals surface area contributed by atoms with E-state index in [4.69, 9.17) is 19.8 Å². The van der Waals surface area contributed by atoms with Crippen molar-refractivity contribution < 1.29 is 24.6 Å². The number of likely N-dealkylation sites (tertiary alicyclic amines) is 1. The third-order valence-electron chi connectivity index (χ3n) is 3.41. The lowest BCUT2D eigenvalue weighted by atomic mass is 10.1. The third-order valence-corrected chi connectivity index (χ3v) is 3.94. The lowest BCUT2D eigenvalue weighted by molar-refractivity contribution is -0.159. The average Bonchev–Trinajstić information content (AvgIpc) is 2.56. The Morgan fingerprint density at radius 2 is 1.54 bits per heavy atom. The lowest BCUT2D eigenvalue weighted by Gasteiger charge is -2.25. The van der Waals surface area contributed by atoms with Crippen LogP contribution in [0.1, 0.15) is 25.7 Å². The van der Waals surface area contributed by atoms with Crippen LogP contribution in [0.2, 0.25) is 0 Å². The minimum Gasteiger partial charge on any atom is -0.473 e. The molecule has 132 valence electrons. The SMILES string of the molecule is O=C(CCN1CCCCC1)Nc1ccc(Br)cc1.O=C(O)C(=O)O. The van der Waals surface area contributed by atoms with Gasteiger partial charge in [-0.2, -0.15) is 0 Å². The number of carboxylic acids is 2. The summed E-state index contributed by atoms with van der Waals surface area (Å²) in [6.07, 6.45) is 4.46. The Labute approximate surface area is 148 Å². The maximum Gasteiger partial charge on any atom is 0.414 e. The second kappa shape index (κ2) is 10.8. The Balaban J connectivity index is 0.000000413. The number of anilines is 1. The summed E-state index contributed by atoms with van der Waals surface area (Å²) >= 11 is 3.38. The van der Waals surface area contributed by atoms with Crippen LogP contribution in [0.4, 0.5) is 5.69 Å². The topological polar surface area (TPSA) is 107 Å². The number of aliphatic carboxylic acids is 2. The molecule has 24 heavy (non-hydrogen) atoms. The lowest BCUT2D eigenvalue weighted by Crippen LogP contribution is -2.32. The molecule has 0 radical (unpaired) electrons. The largest absolute Gasteiger partial charge is 0.473 e. The van der Waals surface area contributed by atoms with Crippen molar-refractivity contribution in [2.24, 2.45) is 0 Å². The van der Waals surface area contributed by atoms with Crippen LogP contribution in [0.25, 0.3) is 0 Å². The molecule has 1 aliphatic heterocycles.